The minimum atomic E-state index is -3.46. The van der Waals surface area contributed by atoms with Crippen LogP contribution in [0.5, 0.6) is 0 Å². The molecule has 0 aliphatic rings. The minimum absolute atomic E-state index is 0.253. The van der Waals surface area contributed by atoms with Gasteiger partial charge in [0.2, 0.25) is 7.60 Å². The summed E-state index contributed by atoms with van der Waals surface area (Å²) in [6.45, 7) is 6.92. The van der Waals surface area contributed by atoms with Crippen LogP contribution < -0.4 is 0 Å². The summed E-state index contributed by atoms with van der Waals surface area (Å²) in [6, 6.07) is 0. The lowest BCUT2D eigenvalue weighted by Gasteiger charge is -2.32. The van der Waals surface area contributed by atoms with Crippen LogP contribution in [0.2, 0.25) is 0 Å². The lowest BCUT2D eigenvalue weighted by Crippen LogP contribution is -2.08. The van der Waals surface area contributed by atoms with Crippen molar-refractivity contribution in [2.24, 2.45) is 0 Å². The second-order valence-corrected chi connectivity index (χ2v) is 6.39. The SMILES string of the molecule is CC(C)OP(=O)(OC(C)C)[C-](Cl)Cl. The van der Waals surface area contributed by atoms with E-state index in [1.54, 1.807) is 27.7 Å². The van der Waals surface area contributed by atoms with Gasteiger partial charge in [-0.25, -0.2) is 0 Å². The lowest BCUT2D eigenvalue weighted by atomic mass is 10.5. The Morgan fingerprint density at radius 2 is 1.38 bits per heavy atom. The molecule has 0 bridgehead atoms. The highest BCUT2D eigenvalue weighted by molar-refractivity contribution is 7.62. The monoisotopic (exact) mass is 247 g/mol. The van der Waals surface area contributed by atoms with Crippen LogP contribution in [-0.2, 0) is 13.6 Å². The summed E-state index contributed by atoms with van der Waals surface area (Å²) < 4.78 is 21.5. The third-order valence-corrected chi connectivity index (χ3v) is 3.96. The van der Waals surface area contributed by atoms with E-state index in [9.17, 15) is 4.57 Å². The summed E-state index contributed by atoms with van der Waals surface area (Å²) in [6.07, 6.45) is -0.505. The maximum atomic E-state index is 11.8. The first-order chi connectivity index (χ1) is 5.78. The van der Waals surface area contributed by atoms with E-state index in [-0.39, 0.29) is 16.8 Å². The molecule has 0 N–H and O–H groups in total. The normalized spacial score (nSPS) is 13.3. The molecule has 0 aromatic rings. The highest BCUT2D eigenvalue weighted by atomic mass is 35.5. The van der Waals surface area contributed by atoms with Gasteiger partial charge >= 0.3 is 0 Å². The van der Waals surface area contributed by atoms with Crippen molar-refractivity contribution in [2.75, 3.05) is 0 Å². The van der Waals surface area contributed by atoms with Crippen molar-refractivity contribution in [1.29, 1.82) is 0 Å². The molecular weight excluding hydrogens is 234 g/mol. The molecule has 0 atom stereocenters. The number of hydrogen-bond donors (Lipinski definition) is 0. The van der Waals surface area contributed by atoms with E-state index >= 15 is 0 Å². The summed E-state index contributed by atoms with van der Waals surface area (Å²) in [5, 5.41) is 0. The van der Waals surface area contributed by atoms with Crippen molar-refractivity contribution >= 4 is 30.8 Å². The first kappa shape index (κ1) is 13.7. The molecule has 0 amide bonds. The van der Waals surface area contributed by atoms with Crippen LogP contribution in [0.4, 0.5) is 0 Å². The van der Waals surface area contributed by atoms with E-state index in [4.69, 9.17) is 32.2 Å². The molecule has 0 fully saturated rings. The average Bonchev–Trinajstić information content (AvgIpc) is 1.82. The van der Waals surface area contributed by atoms with Crippen molar-refractivity contribution < 1.29 is 13.6 Å². The molecule has 0 aromatic heterocycles. The van der Waals surface area contributed by atoms with E-state index in [2.05, 4.69) is 0 Å². The van der Waals surface area contributed by atoms with Gasteiger partial charge in [0, 0.05) is 0 Å². The van der Waals surface area contributed by atoms with Gasteiger partial charge < -0.3 is 32.2 Å². The summed E-state index contributed by atoms with van der Waals surface area (Å²) in [7, 11) is -3.46. The third-order valence-electron chi connectivity index (χ3n) is 0.906. The predicted molar refractivity (Wildman–Crippen MR) is 55.0 cm³/mol. The largest absolute Gasteiger partial charge is 0.327 e. The molecule has 6 heteroatoms. The van der Waals surface area contributed by atoms with Gasteiger partial charge in [-0.05, 0) is 32.3 Å². The predicted octanol–water partition coefficient (Wildman–Crippen LogP) is 3.95. The summed E-state index contributed by atoms with van der Waals surface area (Å²) in [4.78, 5) is 0. The molecule has 0 radical (unpaired) electrons. The average molecular weight is 248 g/mol. The van der Waals surface area contributed by atoms with E-state index in [0.29, 0.717) is 0 Å². The molecule has 0 heterocycles. The minimum Gasteiger partial charge on any atom is -0.327 e. The molecule has 0 saturated heterocycles. The Morgan fingerprint density at radius 1 is 1.08 bits per heavy atom. The van der Waals surface area contributed by atoms with Gasteiger partial charge in [-0.2, -0.15) is 0 Å². The van der Waals surface area contributed by atoms with Gasteiger partial charge in [-0.15, -0.1) is 0 Å². The van der Waals surface area contributed by atoms with Crippen molar-refractivity contribution in [3.63, 3.8) is 0 Å². The quantitative estimate of drug-likeness (QED) is 0.545. The summed E-state index contributed by atoms with van der Waals surface area (Å²) in [5.41, 5.74) is 0. The molecule has 0 aromatic carbocycles. The summed E-state index contributed by atoms with van der Waals surface area (Å²) in [5.74, 6) is 0. The molecule has 3 nitrogen and oxygen atoms in total. The Morgan fingerprint density at radius 3 is 1.54 bits per heavy atom. The number of halogens is 2. The Labute approximate surface area is 89.2 Å². The first-order valence-electron chi connectivity index (χ1n) is 3.93. The fourth-order valence-electron chi connectivity index (χ4n) is 0.660. The van der Waals surface area contributed by atoms with Crippen LogP contribution in [0.3, 0.4) is 0 Å². The fourth-order valence-corrected chi connectivity index (χ4v) is 2.46. The van der Waals surface area contributed by atoms with E-state index in [1.165, 1.54) is 0 Å². The third kappa shape index (κ3) is 5.24. The maximum Gasteiger partial charge on any atom is 0.218 e. The molecule has 0 aliphatic carbocycles. The topological polar surface area (TPSA) is 35.5 Å². The second-order valence-electron chi connectivity index (χ2n) is 3.05. The highest BCUT2D eigenvalue weighted by Crippen LogP contribution is 2.63. The van der Waals surface area contributed by atoms with Crippen LogP contribution in [0.15, 0.2) is 0 Å². The molecule has 0 unspecified atom stereocenters. The van der Waals surface area contributed by atoms with Gasteiger partial charge in [0.05, 0.1) is 12.2 Å². The van der Waals surface area contributed by atoms with Crippen molar-refractivity contribution in [1.82, 2.24) is 0 Å². The zero-order chi connectivity index (χ0) is 10.6. The first-order valence-corrected chi connectivity index (χ1v) is 6.23. The molecule has 0 aliphatic heterocycles. The highest BCUT2D eigenvalue weighted by Gasteiger charge is 2.23. The van der Waals surface area contributed by atoms with E-state index < -0.39 is 7.60 Å². The standard InChI is InChI=1S/C7H14Cl2O3P/c1-5(2)11-13(10,7(8)9)12-6(3)4/h5-6H,1-4H3/q-1. The Hall–Kier alpha value is 0.730. The van der Waals surface area contributed by atoms with Gasteiger partial charge in [-0.3, -0.25) is 4.57 Å². The van der Waals surface area contributed by atoms with Crippen LogP contribution in [0.25, 0.3) is 0 Å². The second kappa shape index (κ2) is 5.57. The molecule has 0 rings (SSSR count). The maximum absolute atomic E-state index is 11.8. The van der Waals surface area contributed by atoms with E-state index in [0.717, 1.165) is 0 Å². The smallest absolute Gasteiger partial charge is 0.218 e. The fraction of sp³-hybridized carbons (Fsp3) is 0.857. The van der Waals surface area contributed by atoms with Gasteiger partial charge in [-0.1, -0.05) is 0 Å². The molecule has 0 spiro atoms. The Balaban J connectivity index is 4.45. The van der Waals surface area contributed by atoms with Crippen molar-refractivity contribution in [3.05, 3.63) is 4.58 Å². The lowest BCUT2D eigenvalue weighted by molar-refractivity contribution is 0.147. The Bertz CT molecular complexity index is 180. The number of hydrogen-bond acceptors (Lipinski definition) is 3. The van der Waals surface area contributed by atoms with Gasteiger partial charge in [0.1, 0.15) is 0 Å². The summed E-state index contributed by atoms with van der Waals surface area (Å²) >= 11 is 10.9. The Kier molecular flexibility index (Phi) is 5.88. The van der Waals surface area contributed by atoms with Crippen LogP contribution in [0.1, 0.15) is 27.7 Å². The van der Waals surface area contributed by atoms with E-state index in [1.807, 2.05) is 0 Å². The van der Waals surface area contributed by atoms with Crippen molar-refractivity contribution in [2.45, 2.75) is 39.9 Å². The molecule has 80 valence electrons. The molecule has 13 heavy (non-hydrogen) atoms. The number of rotatable bonds is 5. The zero-order valence-corrected chi connectivity index (χ0v) is 10.5. The molecular formula is C7H14Cl2O3P-. The van der Waals surface area contributed by atoms with Crippen LogP contribution in [-0.4, -0.2) is 12.2 Å². The van der Waals surface area contributed by atoms with Gasteiger partial charge in [0.15, 0.2) is 0 Å². The van der Waals surface area contributed by atoms with Crippen LogP contribution >= 0.6 is 30.8 Å². The zero-order valence-electron chi connectivity index (χ0n) is 8.08. The molecule has 0 saturated carbocycles. The van der Waals surface area contributed by atoms with Crippen LogP contribution in [0, 0.1) is 4.58 Å². The van der Waals surface area contributed by atoms with Gasteiger partial charge in [0.25, 0.3) is 0 Å². The van der Waals surface area contributed by atoms with Crippen molar-refractivity contribution in [3.8, 4) is 0 Å².